The molecule has 4 nitrogen and oxygen atoms in total. The lowest BCUT2D eigenvalue weighted by atomic mass is 10.5. The van der Waals surface area contributed by atoms with Gasteiger partial charge >= 0.3 is 5.97 Å². The van der Waals surface area contributed by atoms with Gasteiger partial charge in [0.15, 0.2) is 0 Å². The summed E-state index contributed by atoms with van der Waals surface area (Å²) in [6.45, 7) is 1.76. The van der Waals surface area contributed by atoms with Crippen LogP contribution in [0.1, 0.15) is 13.3 Å². The SMILES string of the molecule is CCC(=O)OC.CON. The highest BCUT2D eigenvalue weighted by atomic mass is 16.6. The molecule has 4 heteroatoms. The van der Waals surface area contributed by atoms with Gasteiger partial charge in [-0.3, -0.25) is 4.79 Å². The molecule has 0 spiro atoms. The molecule has 0 amide bonds. The summed E-state index contributed by atoms with van der Waals surface area (Å²) in [7, 11) is 2.78. The number of rotatable bonds is 1. The first kappa shape index (κ1) is 11.2. The molecule has 0 aliphatic rings. The first-order chi connectivity index (χ1) is 4.22. The Hall–Kier alpha value is -0.610. The van der Waals surface area contributed by atoms with E-state index in [1.54, 1.807) is 6.92 Å². The lowest BCUT2D eigenvalue weighted by molar-refractivity contribution is -0.140. The molecule has 0 aliphatic carbocycles. The Morgan fingerprint density at radius 2 is 1.89 bits per heavy atom. The van der Waals surface area contributed by atoms with Crippen LogP contribution < -0.4 is 5.90 Å². The highest BCUT2D eigenvalue weighted by Gasteiger charge is 1.87. The Morgan fingerprint density at radius 1 is 1.56 bits per heavy atom. The molecule has 0 saturated carbocycles. The molecule has 0 radical (unpaired) electrons. The van der Waals surface area contributed by atoms with Crippen LogP contribution in [-0.4, -0.2) is 20.2 Å². The van der Waals surface area contributed by atoms with E-state index in [-0.39, 0.29) is 5.97 Å². The molecule has 9 heavy (non-hydrogen) atoms. The third kappa shape index (κ3) is 18.7. The van der Waals surface area contributed by atoms with Gasteiger partial charge < -0.3 is 9.57 Å². The average Bonchev–Trinajstić information content (AvgIpc) is 1.88. The van der Waals surface area contributed by atoms with E-state index in [2.05, 4.69) is 15.5 Å². The van der Waals surface area contributed by atoms with E-state index in [1.165, 1.54) is 14.2 Å². The van der Waals surface area contributed by atoms with Crippen LogP contribution in [0.5, 0.6) is 0 Å². The van der Waals surface area contributed by atoms with Gasteiger partial charge in [-0.15, -0.1) is 0 Å². The van der Waals surface area contributed by atoms with Crippen molar-refractivity contribution in [1.82, 2.24) is 0 Å². The summed E-state index contributed by atoms with van der Waals surface area (Å²) in [6, 6.07) is 0. The maximum absolute atomic E-state index is 9.96. The molecule has 0 unspecified atom stereocenters. The summed E-state index contributed by atoms with van der Waals surface area (Å²) in [4.78, 5) is 13.7. The lowest BCUT2D eigenvalue weighted by Gasteiger charge is -1.87. The Kier molecular flexibility index (Phi) is 13.0. The number of carbonyl (C=O) groups is 1. The zero-order valence-corrected chi connectivity index (χ0v) is 6.01. The van der Waals surface area contributed by atoms with E-state index in [4.69, 9.17) is 0 Å². The molecule has 0 fully saturated rings. The molecule has 0 atom stereocenters. The molecule has 56 valence electrons. The fourth-order valence-electron chi connectivity index (χ4n) is 0.144. The van der Waals surface area contributed by atoms with Gasteiger partial charge in [-0.2, -0.15) is 0 Å². The van der Waals surface area contributed by atoms with Crippen molar-refractivity contribution in [3.05, 3.63) is 0 Å². The average molecular weight is 135 g/mol. The summed E-state index contributed by atoms with van der Waals surface area (Å²) in [5, 5.41) is 0. The highest BCUT2D eigenvalue weighted by molar-refractivity contribution is 5.68. The Morgan fingerprint density at radius 3 is 1.89 bits per heavy atom. The third-order valence-electron chi connectivity index (χ3n) is 0.516. The summed E-state index contributed by atoms with van der Waals surface area (Å²) >= 11 is 0. The van der Waals surface area contributed by atoms with Gasteiger partial charge in [-0.05, 0) is 0 Å². The van der Waals surface area contributed by atoms with Crippen LogP contribution in [0.25, 0.3) is 0 Å². The summed E-state index contributed by atoms with van der Waals surface area (Å²) in [6.07, 6.45) is 0.469. The van der Waals surface area contributed by atoms with Gasteiger partial charge in [0.05, 0.1) is 14.2 Å². The van der Waals surface area contributed by atoms with Crippen molar-refractivity contribution < 1.29 is 14.4 Å². The molecule has 0 aromatic heterocycles. The number of nitrogens with two attached hydrogens (primary N) is 1. The minimum absolute atomic E-state index is 0.157. The predicted molar refractivity (Wildman–Crippen MR) is 33.5 cm³/mol. The minimum atomic E-state index is -0.157. The molecule has 0 saturated heterocycles. The number of methoxy groups -OCH3 is 1. The van der Waals surface area contributed by atoms with Gasteiger partial charge in [0.25, 0.3) is 0 Å². The van der Waals surface area contributed by atoms with Crippen molar-refractivity contribution in [2.24, 2.45) is 5.90 Å². The number of hydrogen-bond donors (Lipinski definition) is 1. The molecule has 0 aromatic rings. The maximum atomic E-state index is 9.96. The Balaban J connectivity index is 0. The van der Waals surface area contributed by atoms with E-state index in [9.17, 15) is 4.79 Å². The van der Waals surface area contributed by atoms with Crippen LogP contribution in [0.3, 0.4) is 0 Å². The second kappa shape index (κ2) is 10.4. The van der Waals surface area contributed by atoms with E-state index in [0.717, 1.165) is 0 Å². The number of carbonyl (C=O) groups excluding carboxylic acids is 1. The number of ether oxygens (including phenoxy) is 1. The smallest absolute Gasteiger partial charge is 0.305 e. The second-order valence-corrected chi connectivity index (χ2v) is 1.17. The highest BCUT2D eigenvalue weighted by Crippen LogP contribution is 1.76. The molecule has 2 N–H and O–H groups in total. The lowest BCUT2D eigenvalue weighted by Crippen LogP contribution is -1.94. The summed E-state index contributed by atoms with van der Waals surface area (Å²) < 4.78 is 4.26. The maximum Gasteiger partial charge on any atom is 0.305 e. The van der Waals surface area contributed by atoms with Gasteiger partial charge in [-0.25, -0.2) is 5.90 Å². The normalized spacial score (nSPS) is 7.11. The van der Waals surface area contributed by atoms with E-state index < -0.39 is 0 Å². The van der Waals surface area contributed by atoms with Crippen LogP contribution in [-0.2, 0) is 14.4 Å². The van der Waals surface area contributed by atoms with Gasteiger partial charge in [0.1, 0.15) is 0 Å². The van der Waals surface area contributed by atoms with Gasteiger partial charge in [0.2, 0.25) is 0 Å². The molecular formula is C5H13NO3. The predicted octanol–water partition coefficient (Wildman–Crippen LogP) is 0.0759. The van der Waals surface area contributed by atoms with Crippen LogP contribution in [0.4, 0.5) is 0 Å². The molecular weight excluding hydrogens is 122 g/mol. The van der Waals surface area contributed by atoms with Crippen molar-refractivity contribution in [2.45, 2.75) is 13.3 Å². The standard InChI is InChI=1S/C4H8O2.CH5NO/c1-3-4(5)6-2;1-3-2/h3H2,1-2H3;2H2,1H3. The molecule has 0 heterocycles. The fourth-order valence-corrected chi connectivity index (χ4v) is 0.144. The third-order valence-corrected chi connectivity index (χ3v) is 0.516. The van der Waals surface area contributed by atoms with Crippen LogP contribution in [0.15, 0.2) is 0 Å². The largest absolute Gasteiger partial charge is 0.469 e. The molecule has 0 bridgehead atoms. The van der Waals surface area contributed by atoms with Crippen molar-refractivity contribution in [3.63, 3.8) is 0 Å². The fraction of sp³-hybridized carbons (Fsp3) is 0.800. The molecule has 0 aromatic carbocycles. The zero-order chi connectivity index (χ0) is 7.70. The van der Waals surface area contributed by atoms with Crippen molar-refractivity contribution >= 4 is 5.97 Å². The van der Waals surface area contributed by atoms with Gasteiger partial charge in [-0.1, -0.05) is 6.92 Å². The topological polar surface area (TPSA) is 61.5 Å². The monoisotopic (exact) mass is 135 g/mol. The van der Waals surface area contributed by atoms with Crippen LogP contribution in [0.2, 0.25) is 0 Å². The van der Waals surface area contributed by atoms with Gasteiger partial charge in [0, 0.05) is 6.42 Å². The van der Waals surface area contributed by atoms with Crippen molar-refractivity contribution in [3.8, 4) is 0 Å². The zero-order valence-electron chi connectivity index (χ0n) is 6.01. The first-order valence-electron chi connectivity index (χ1n) is 2.52. The van der Waals surface area contributed by atoms with Crippen molar-refractivity contribution in [2.75, 3.05) is 14.2 Å². The Labute approximate surface area is 54.9 Å². The van der Waals surface area contributed by atoms with Crippen LogP contribution in [0, 0.1) is 0 Å². The second-order valence-electron chi connectivity index (χ2n) is 1.17. The number of esters is 1. The number of hydrogen-bond acceptors (Lipinski definition) is 4. The van der Waals surface area contributed by atoms with Crippen molar-refractivity contribution in [1.29, 1.82) is 0 Å². The van der Waals surface area contributed by atoms with E-state index in [0.29, 0.717) is 6.42 Å². The quantitative estimate of drug-likeness (QED) is 0.408. The summed E-state index contributed by atoms with van der Waals surface area (Å²) in [5.41, 5.74) is 0. The minimum Gasteiger partial charge on any atom is -0.469 e. The van der Waals surface area contributed by atoms with E-state index >= 15 is 0 Å². The first-order valence-corrected chi connectivity index (χ1v) is 2.52. The molecule has 0 rings (SSSR count). The molecule has 0 aliphatic heterocycles. The van der Waals surface area contributed by atoms with E-state index in [1.807, 2.05) is 0 Å². The van der Waals surface area contributed by atoms with Crippen LogP contribution >= 0.6 is 0 Å². The summed E-state index contributed by atoms with van der Waals surface area (Å²) in [5.74, 6) is 4.19. The Bertz CT molecular complexity index is 59.2.